The van der Waals surface area contributed by atoms with Crippen LogP contribution in [0.3, 0.4) is 0 Å². The van der Waals surface area contributed by atoms with Gasteiger partial charge in [0.2, 0.25) is 0 Å². The summed E-state index contributed by atoms with van der Waals surface area (Å²) in [6, 6.07) is 5.69. The van der Waals surface area contributed by atoms with Crippen LogP contribution >= 0.6 is 0 Å². The number of nitrogens with two attached hydrogens (primary N) is 2. The number of carbonyl (C=O) groups excluding carboxylic acids is 1. The van der Waals surface area contributed by atoms with E-state index in [1.807, 2.05) is 6.07 Å². The van der Waals surface area contributed by atoms with Gasteiger partial charge in [0.1, 0.15) is 0 Å². The molecule has 0 radical (unpaired) electrons. The lowest BCUT2D eigenvalue weighted by atomic mass is 9.85. The van der Waals surface area contributed by atoms with E-state index in [4.69, 9.17) is 11.5 Å². The van der Waals surface area contributed by atoms with E-state index in [0.29, 0.717) is 23.2 Å². The summed E-state index contributed by atoms with van der Waals surface area (Å²) in [7, 11) is 0. The second-order valence-electron chi connectivity index (χ2n) is 5.18. The van der Waals surface area contributed by atoms with Gasteiger partial charge < -0.3 is 16.8 Å². The number of benzene rings is 1. The minimum Gasteiger partial charge on any atom is -0.399 e. The first-order valence-electron chi connectivity index (χ1n) is 6.54. The maximum Gasteiger partial charge on any atom is 0.250 e. The van der Waals surface area contributed by atoms with Crippen LogP contribution in [0.2, 0.25) is 0 Å². The summed E-state index contributed by atoms with van der Waals surface area (Å²) in [6.07, 6.45) is 4.91. The number of primary amides is 1. The number of amides is 1. The van der Waals surface area contributed by atoms with Crippen molar-refractivity contribution in [1.82, 2.24) is 0 Å². The molecule has 1 aromatic rings. The Morgan fingerprint density at radius 3 is 2.72 bits per heavy atom. The number of rotatable bonds is 3. The molecule has 0 aliphatic heterocycles. The molecule has 0 heterocycles. The first kappa shape index (κ1) is 12.7. The third-order valence-electron chi connectivity index (χ3n) is 3.76. The molecule has 0 bridgehead atoms. The molecule has 1 aliphatic rings. The Hall–Kier alpha value is -1.71. The van der Waals surface area contributed by atoms with E-state index in [1.54, 1.807) is 12.1 Å². The topological polar surface area (TPSA) is 81.1 Å². The van der Waals surface area contributed by atoms with E-state index in [1.165, 1.54) is 19.3 Å². The summed E-state index contributed by atoms with van der Waals surface area (Å²) in [5.41, 5.74) is 12.9. The van der Waals surface area contributed by atoms with Crippen molar-refractivity contribution in [2.75, 3.05) is 11.1 Å². The van der Waals surface area contributed by atoms with E-state index in [9.17, 15) is 4.79 Å². The molecule has 2 atom stereocenters. The maximum absolute atomic E-state index is 11.4. The highest BCUT2D eigenvalue weighted by atomic mass is 16.1. The van der Waals surface area contributed by atoms with Gasteiger partial charge in [-0.3, -0.25) is 4.79 Å². The lowest BCUT2D eigenvalue weighted by Gasteiger charge is -2.31. The standard InChI is InChI=1S/C14H21N3O/c1-9-4-2-3-5-12(9)17-13-7-6-10(15)8-11(13)14(16)18/h6-9,12,17H,2-5,15H2,1H3,(H2,16,18). The molecule has 4 nitrogen and oxygen atoms in total. The second-order valence-corrected chi connectivity index (χ2v) is 5.18. The van der Waals surface area contributed by atoms with E-state index in [2.05, 4.69) is 12.2 Å². The number of carbonyl (C=O) groups is 1. The van der Waals surface area contributed by atoms with Crippen LogP contribution < -0.4 is 16.8 Å². The first-order valence-corrected chi connectivity index (χ1v) is 6.54. The van der Waals surface area contributed by atoms with E-state index < -0.39 is 5.91 Å². The molecule has 2 rings (SSSR count). The Balaban J connectivity index is 2.20. The summed E-state index contributed by atoms with van der Waals surface area (Å²) >= 11 is 0. The highest BCUT2D eigenvalue weighted by molar-refractivity contribution is 5.99. The third-order valence-corrected chi connectivity index (χ3v) is 3.76. The molecule has 1 aliphatic carbocycles. The number of nitrogen functional groups attached to an aromatic ring is 1. The SMILES string of the molecule is CC1CCCCC1Nc1ccc(N)cc1C(N)=O. The van der Waals surface area contributed by atoms with Gasteiger partial charge in [-0.1, -0.05) is 19.8 Å². The van der Waals surface area contributed by atoms with Gasteiger partial charge in [-0.2, -0.15) is 0 Å². The maximum atomic E-state index is 11.4. The van der Waals surface area contributed by atoms with Crippen LogP contribution in [0.15, 0.2) is 18.2 Å². The molecule has 18 heavy (non-hydrogen) atoms. The zero-order valence-corrected chi connectivity index (χ0v) is 10.8. The average molecular weight is 247 g/mol. The van der Waals surface area contributed by atoms with Crippen molar-refractivity contribution in [3.8, 4) is 0 Å². The summed E-state index contributed by atoms with van der Waals surface area (Å²) in [5, 5.41) is 3.45. The first-order chi connectivity index (χ1) is 8.58. The normalized spacial score (nSPS) is 23.6. The second kappa shape index (κ2) is 5.29. The largest absolute Gasteiger partial charge is 0.399 e. The fourth-order valence-corrected chi connectivity index (χ4v) is 2.62. The molecular formula is C14H21N3O. The molecular weight excluding hydrogens is 226 g/mol. The van der Waals surface area contributed by atoms with Crippen molar-refractivity contribution >= 4 is 17.3 Å². The van der Waals surface area contributed by atoms with Crippen LogP contribution in [0.4, 0.5) is 11.4 Å². The van der Waals surface area contributed by atoms with Crippen molar-refractivity contribution in [3.63, 3.8) is 0 Å². The lowest BCUT2D eigenvalue weighted by Crippen LogP contribution is -2.31. The van der Waals surface area contributed by atoms with Gasteiger partial charge in [-0.25, -0.2) is 0 Å². The molecule has 5 N–H and O–H groups in total. The Labute approximate surface area is 108 Å². The number of anilines is 2. The summed E-state index contributed by atoms with van der Waals surface area (Å²) in [5.74, 6) is 0.185. The van der Waals surface area contributed by atoms with Gasteiger partial charge in [-0.05, 0) is 37.0 Å². The highest BCUT2D eigenvalue weighted by Gasteiger charge is 2.22. The monoisotopic (exact) mass is 247 g/mol. The van der Waals surface area contributed by atoms with Gasteiger partial charge in [0.15, 0.2) is 0 Å². The van der Waals surface area contributed by atoms with E-state index in [-0.39, 0.29) is 0 Å². The fraction of sp³-hybridized carbons (Fsp3) is 0.500. The molecule has 1 fully saturated rings. The van der Waals surface area contributed by atoms with Gasteiger partial charge in [0.25, 0.3) is 5.91 Å². The summed E-state index contributed by atoms with van der Waals surface area (Å²) in [4.78, 5) is 11.4. The Bertz CT molecular complexity index is 445. The number of hydrogen-bond acceptors (Lipinski definition) is 3. The predicted molar refractivity (Wildman–Crippen MR) is 74.4 cm³/mol. The van der Waals surface area contributed by atoms with Crippen LogP contribution in [0.5, 0.6) is 0 Å². The third kappa shape index (κ3) is 2.75. The molecule has 1 aromatic carbocycles. The summed E-state index contributed by atoms with van der Waals surface area (Å²) in [6.45, 7) is 2.25. The molecule has 1 saturated carbocycles. The number of hydrogen-bond donors (Lipinski definition) is 3. The predicted octanol–water partition coefficient (Wildman–Crippen LogP) is 2.36. The van der Waals surface area contributed by atoms with E-state index >= 15 is 0 Å². The van der Waals surface area contributed by atoms with Gasteiger partial charge in [-0.15, -0.1) is 0 Å². The van der Waals surface area contributed by atoms with Gasteiger partial charge in [0.05, 0.1) is 5.56 Å². The van der Waals surface area contributed by atoms with Crippen LogP contribution in [-0.2, 0) is 0 Å². The van der Waals surface area contributed by atoms with Crippen LogP contribution in [-0.4, -0.2) is 11.9 Å². The lowest BCUT2D eigenvalue weighted by molar-refractivity contribution is 0.100. The Morgan fingerprint density at radius 2 is 2.06 bits per heavy atom. The van der Waals surface area contributed by atoms with Crippen molar-refractivity contribution in [2.45, 2.75) is 38.6 Å². The number of nitrogens with one attached hydrogen (secondary N) is 1. The molecule has 0 saturated heterocycles. The molecule has 98 valence electrons. The van der Waals surface area contributed by atoms with Crippen LogP contribution in [0.25, 0.3) is 0 Å². The average Bonchev–Trinajstić information content (AvgIpc) is 2.34. The van der Waals surface area contributed by atoms with E-state index in [0.717, 1.165) is 12.1 Å². The molecule has 0 spiro atoms. The van der Waals surface area contributed by atoms with Crippen molar-refractivity contribution < 1.29 is 4.79 Å². The molecule has 4 heteroatoms. The zero-order chi connectivity index (χ0) is 13.1. The Morgan fingerprint density at radius 1 is 1.33 bits per heavy atom. The molecule has 1 amide bonds. The van der Waals surface area contributed by atoms with Crippen molar-refractivity contribution in [1.29, 1.82) is 0 Å². The van der Waals surface area contributed by atoms with Crippen molar-refractivity contribution in [3.05, 3.63) is 23.8 Å². The quantitative estimate of drug-likeness (QED) is 0.717. The van der Waals surface area contributed by atoms with Crippen molar-refractivity contribution in [2.24, 2.45) is 11.7 Å². The summed E-state index contributed by atoms with van der Waals surface area (Å²) < 4.78 is 0. The minimum atomic E-state index is -0.437. The Kier molecular flexibility index (Phi) is 3.75. The fourth-order valence-electron chi connectivity index (χ4n) is 2.62. The molecule has 0 aromatic heterocycles. The van der Waals surface area contributed by atoms with Crippen LogP contribution in [0, 0.1) is 5.92 Å². The smallest absolute Gasteiger partial charge is 0.250 e. The minimum absolute atomic E-state index is 0.417. The zero-order valence-electron chi connectivity index (χ0n) is 10.8. The van der Waals surface area contributed by atoms with Crippen LogP contribution in [0.1, 0.15) is 43.0 Å². The van der Waals surface area contributed by atoms with Gasteiger partial charge in [0, 0.05) is 17.4 Å². The van der Waals surface area contributed by atoms with Gasteiger partial charge >= 0.3 is 0 Å². The molecule has 2 unspecified atom stereocenters. The highest BCUT2D eigenvalue weighted by Crippen LogP contribution is 2.28.